The molecule has 0 aliphatic carbocycles. The standard InChI is InChI=1S/C18H36O2S/c1-2-3-4-5-6-7-8-9-10-11-12-13-14-15-17(19)16-18(20)21/h17,19H,2-16H2,1H3,(H,20,21)/t17-/m1/s1. The molecule has 0 bridgehead atoms. The van der Waals surface area contributed by atoms with Gasteiger partial charge in [0.2, 0.25) is 0 Å². The lowest BCUT2D eigenvalue weighted by atomic mass is 10.0. The quantitative estimate of drug-likeness (QED) is 0.284. The number of aliphatic hydroxyl groups excluding tert-OH is 1. The van der Waals surface area contributed by atoms with E-state index >= 15 is 0 Å². The zero-order valence-electron chi connectivity index (χ0n) is 14.0. The Kier molecular flexibility index (Phi) is 16.3. The van der Waals surface area contributed by atoms with Gasteiger partial charge < -0.3 is 5.11 Å². The van der Waals surface area contributed by atoms with Crippen LogP contribution in [0.15, 0.2) is 0 Å². The molecule has 2 nitrogen and oxygen atoms in total. The Bertz CT molecular complexity index is 231. The molecule has 0 saturated carbocycles. The van der Waals surface area contributed by atoms with Crippen molar-refractivity contribution < 1.29 is 9.90 Å². The van der Waals surface area contributed by atoms with Gasteiger partial charge in [-0.05, 0) is 6.42 Å². The van der Waals surface area contributed by atoms with Gasteiger partial charge >= 0.3 is 0 Å². The van der Waals surface area contributed by atoms with E-state index in [1.807, 2.05) is 0 Å². The van der Waals surface area contributed by atoms with E-state index in [9.17, 15) is 9.90 Å². The van der Waals surface area contributed by atoms with Crippen molar-refractivity contribution >= 4 is 17.7 Å². The first-order valence-corrected chi connectivity index (χ1v) is 9.51. The van der Waals surface area contributed by atoms with E-state index in [-0.39, 0.29) is 11.5 Å². The molecule has 0 aliphatic rings. The minimum atomic E-state index is -0.484. The maximum Gasteiger partial charge on any atom is 0.188 e. The van der Waals surface area contributed by atoms with Crippen LogP contribution < -0.4 is 0 Å². The summed E-state index contributed by atoms with van der Waals surface area (Å²) in [5.74, 6) is 0. The second kappa shape index (κ2) is 16.4. The highest BCUT2D eigenvalue weighted by atomic mass is 32.1. The summed E-state index contributed by atoms with van der Waals surface area (Å²) < 4.78 is 0. The molecule has 0 amide bonds. The summed E-state index contributed by atoms with van der Waals surface area (Å²) in [5.41, 5.74) is 0. The van der Waals surface area contributed by atoms with Gasteiger partial charge in [-0.3, -0.25) is 4.79 Å². The van der Waals surface area contributed by atoms with Crippen LogP contribution in [0, 0.1) is 0 Å². The summed E-state index contributed by atoms with van der Waals surface area (Å²) in [6, 6.07) is 0. The number of carbonyl (C=O) groups excluding carboxylic acids is 1. The molecule has 0 spiro atoms. The van der Waals surface area contributed by atoms with Crippen LogP contribution in [0.2, 0.25) is 0 Å². The van der Waals surface area contributed by atoms with Crippen LogP contribution in [0.25, 0.3) is 0 Å². The Balaban J connectivity index is 3.07. The average Bonchev–Trinajstić information content (AvgIpc) is 2.43. The van der Waals surface area contributed by atoms with Gasteiger partial charge in [0.1, 0.15) is 0 Å². The molecule has 126 valence electrons. The Morgan fingerprint density at radius 3 is 1.57 bits per heavy atom. The molecule has 0 aromatic heterocycles. The van der Waals surface area contributed by atoms with Crippen LogP contribution in [0.1, 0.15) is 103 Å². The predicted molar refractivity (Wildman–Crippen MR) is 94.9 cm³/mol. The summed E-state index contributed by atoms with van der Waals surface area (Å²) in [5, 5.41) is 9.32. The molecule has 3 heteroatoms. The minimum absolute atomic E-state index is 0.196. The molecule has 0 aromatic rings. The lowest BCUT2D eigenvalue weighted by Crippen LogP contribution is -2.09. The van der Waals surface area contributed by atoms with Gasteiger partial charge in [0.25, 0.3) is 0 Å². The lowest BCUT2D eigenvalue weighted by Gasteiger charge is -2.07. The Morgan fingerprint density at radius 2 is 1.19 bits per heavy atom. The zero-order chi connectivity index (χ0) is 15.8. The second-order valence-corrected chi connectivity index (χ2v) is 6.78. The molecule has 0 aromatic carbocycles. The van der Waals surface area contributed by atoms with E-state index in [0.717, 1.165) is 12.8 Å². The number of hydrogen-bond acceptors (Lipinski definition) is 2. The fourth-order valence-electron chi connectivity index (χ4n) is 2.70. The third kappa shape index (κ3) is 17.9. The molecule has 0 radical (unpaired) electrons. The van der Waals surface area contributed by atoms with Crippen molar-refractivity contribution in [2.75, 3.05) is 0 Å². The Labute approximate surface area is 137 Å². The predicted octanol–water partition coefficient (Wildman–Crippen LogP) is 5.68. The highest BCUT2D eigenvalue weighted by molar-refractivity contribution is 7.96. The fourth-order valence-corrected chi connectivity index (χ4v) is 2.91. The zero-order valence-corrected chi connectivity index (χ0v) is 14.9. The molecule has 0 fully saturated rings. The Morgan fingerprint density at radius 1 is 0.810 bits per heavy atom. The Hall–Kier alpha value is -0.0200. The number of thiol groups is 1. The lowest BCUT2D eigenvalue weighted by molar-refractivity contribution is -0.112. The number of rotatable bonds is 16. The first kappa shape index (κ1) is 21.0. The summed E-state index contributed by atoms with van der Waals surface area (Å²) in [4.78, 5) is 10.7. The van der Waals surface area contributed by atoms with E-state index in [2.05, 4.69) is 19.6 Å². The third-order valence-electron chi connectivity index (χ3n) is 4.05. The highest BCUT2D eigenvalue weighted by Crippen LogP contribution is 2.14. The largest absolute Gasteiger partial charge is 0.393 e. The molecular weight excluding hydrogens is 280 g/mol. The fraction of sp³-hybridized carbons (Fsp3) is 0.944. The first-order valence-electron chi connectivity index (χ1n) is 9.06. The van der Waals surface area contributed by atoms with Crippen molar-refractivity contribution in [1.82, 2.24) is 0 Å². The molecule has 0 heterocycles. The van der Waals surface area contributed by atoms with Crippen LogP contribution in [0.3, 0.4) is 0 Å². The smallest absolute Gasteiger partial charge is 0.188 e. The SMILES string of the molecule is CCCCCCCCCCCCCCC[C@@H](O)CC(=O)S. The number of carbonyl (C=O) groups is 1. The first-order chi connectivity index (χ1) is 10.2. The molecular formula is C18H36O2S. The van der Waals surface area contributed by atoms with Crippen LogP contribution in [-0.4, -0.2) is 16.3 Å². The third-order valence-corrected chi connectivity index (χ3v) is 4.23. The summed E-state index contributed by atoms with van der Waals surface area (Å²) >= 11 is 3.68. The molecule has 1 atom stereocenters. The van der Waals surface area contributed by atoms with Gasteiger partial charge in [0, 0.05) is 6.42 Å². The van der Waals surface area contributed by atoms with E-state index < -0.39 is 6.10 Å². The van der Waals surface area contributed by atoms with Gasteiger partial charge in [0.05, 0.1) is 6.10 Å². The van der Waals surface area contributed by atoms with E-state index in [0.29, 0.717) is 0 Å². The molecule has 0 saturated heterocycles. The minimum Gasteiger partial charge on any atom is -0.393 e. The van der Waals surface area contributed by atoms with Gasteiger partial charge in [-0.2, -0.15) is 0 Å². The van der Waals surface area contributed by atoms with Crippen molar-refractivity contribution in [3.63, 3.8) is 0 Å². The van der Waals surface area contributed by atoms with Crippen LogP contribution >= 0.6 is 12.6 Å². The van der Waals surface area contributed by atoms with E-state index in [1.165, 1.54) is 77.0 Å². The van der Waals surface area contributed by atoms with Crippen molar-refractivity contribution in [2.24, 2.45) is 0 Å². The van der Waals surface area contributed by atoms with Crippen LogP contribution in [0.4, 0.5) is 0 Å². The summed E-state index contributed by atoms with van der Waals surface area (Å²) in [6.45, 7) is 2.26. The average molecular weight is 317 g/mol. The summed E-state index contributed by atoms with van der Waals surface area (Å²) in [7, 11) is 0. The second-order valence-electron chi connectivity index (χ2n) is 6.28. The van der Waals surface area contributed by atoms with Crippen molar-refractivity contribution in [2.45, 2.75) is 109 Å². The van der Waals surface area contributed by atoms with Crippen molar-refractivity contribution in [1.29, 1.82) is 0 Å². The monoisotopic (exact) mass is 316 g/mol. The number of hydrogen-bond donors (Lipinski definition) is 2. The number of unbranched alkanes of at least 4 members (excludes halogenated alkanes) is 12. The molecule has 0 rings (SSSR count). The molecule has 0 aliphatic heterocycles. The summed E-state index contributed by atoms with van der Waals surface area (Å²) in [6.07, 6.45) is 17.8. The maximum absolute atomic E-state index is 10.7. The normalized spacial score (nSPS) is 12.5. The van der Waals surface area contributed by atoms with Gasteiger partial charge in [-0.1, -0.05) is 90.4 Å². The molecule has 0 unspecified atom stereocenters. The van der Waals surface area contributed by atoms with Crippen molar-refractivity contribution in [3.8, 4) is 0 Å². The number of aliphatic hydroxyl groups is 1. The molecule has 1 N–H and O–H groups in total. The van der Waals surface area contributed by atoms with Gasteiger partial charge in [0.15, 0.2) is 5.12 Å². The van der Waals surface area contributed by atoms with E-state index in [4.69, 9.17) is 0 Å². The van der Waals surface area contributed by atoms with Gasteiger partial charge in [-0.25, -0.2) is 0 Å². The highest BCUT2D eigenvalue weighted by Gasteiger charge is 2.06. The maximum atomic E-state index is 10.7. The molecule has 21 heavy (non-hydrogen) atoms. The van der Waals surface area contributed by atoms with Crippen molar-refractivity contribution in [3.05, 3.63) is 0 Å². The van der Waals surface area contributed by atoms with Gasteiger partial charge in [-0.15, -0.1) is 12.6 Å². The van der Waals surface area contributed by atoms with E-state index in [1.54, 1.807) is 0 Å². The van der Waals surface area contributed by atoms with Crippen LogP contribution in [-0.2, 0) is 4.79 Å². The topological polar surface area (TPSA) is 37.3 Å². The van der Waals surface area contributed by atoms with Crippen LogP contribution in [0.5, 0.6) is 0 Å².